The minimum Gasteiger partial charge on any atom is -0.398 e. The second-order valence-electron chi connectivity index (χ2n) is 3.71. The largest absolute Gasteiger partial charge is 0.418 e. The second-order valence-corrected chi connectivity index (χ2v) is 3.71. The summed E-state index contributed by atoms with van der Waals surface area (Å²) in [7, 11) is 0. The van der Waals surface area contributed by atoms with E-state index in [4.69, 9.17) is 11.5 Å². The van der Waals surface area contributed by atoms with Gasteiger partial charge in [0.05, 0.1) is 11.3 Å². The first-order valence-corrected chi connectivity index (χ1v) is 5.08. The van der Waals surface area contributed by atoms with Crippen molar-refractivity contribution < 1.29 is 13.2 Å². The number of hydrogen-bond acceptors (Lipinski definition) is 3. The lowest BCUT2D eigenvalue weighted by molar-refractivity contribution is -0.137. The number of aromatic nitrogens is 1. The summed E-state index contributed by atoms with van der Waals surface area (Å²) in [6, 6.07) is 6.72. The lowest BCUT2D eigenvalue weighted by Gasteiger charge is -2.14. The number of anilines is 2. The minimum atomic E-state index is -4.50. The van der Waals surface area contributed by atoms with Crippen molar-refractivity contribution in [1.82, 2.24) is 4.98 Å². The molecule has 0 amide bonds. The van der Waals surface area contributed by atoms with E-state index in [1.165, 1.54) is 24.4 Å². The zero-order valence-corrected chi connectivity index (χ0v) is 9.20. The first kappa shape index (κ1) is 12.2. The van der Waals surface area contributed by atoms with Gasteiger partial charge in [0.1, 0.15) is 0 Å². The second kappa shape index (κ2) is 4.21. The number of nitrogens with zero attached hydrogens (tertiary/aromatic N) is 1. The standard InChI is InChI=1S/C12H10F3N3/c13-12(14,15)7-3-2-6-18-11(7)10-8(16)4-1-5-9(10)17/h1-6H,16-17H2. The Morgan fingerprint density at radius 1 is 0.944 bits per heavy atom. The molecule has 0 atom stereocenters. The Morgan fingerprint density at radius 2 is 1.56 bits per heavy atom. The summed E-state index contributed by atoms with van der Waals surface area (Å²) in [4.78, 5) is 3.76. The Balaban J connectivity index is 2.73. The average Bonchev–Trinajstić information content (AvgIpc) is 2.28. The summed E-state index contributed by atoms with van der Waals surface area (Å²) in [6.45, 7) is 0. The third-order valence-corrected chi connectivity index (χ3v) is 2.48. The zero-order chi connectivity index (χ0) is 13.3. The van der Waals surface area contributed by atoms with Crippen molar-refractivity contribution in [3.8, 4) is 11.3 Å². The van der Waals surface area contributed by atoms with Crippen LogP contribution in [0, 0.1) is 0 Å². The van der Waals surface area contributed by atoms with Gasteiger partial charge in [-0.3, -0.25) is 4.98 Å². The molecule has 2 rings (SSSR count). The SMILES string of the molecule is Nc1cccc(N)c1-c1ncccc1C(F)(F)F. The van der Waals surface area contributed by atoms with Crippen LogP contribution in [0.3, 0.4) is 0 Å². The number of halogens is 3. The molecule has 0 radical (unpaired) electrons. The van der Waals surface area contributed by atoms with E-state index in [2.05, 4.69) is 4.98 Å². The van der Waals surface area contributed by atoms with E-state index in [1.54, 1.807) is 6.07 Å². The molecule has 4 N–H and O–H groups in total. The van der Waals surface area contributed by atoms with Gasteiger partial charge in [0.2, 0.25) is 0 Å². The van der Waals surface area contributed by atoms with Crippen molar-refractivity contribution >= 4 is 11.4 Å². The van der Waals surface area contributed by atoms with Crippen molar-refractivity contribution in [2.45, 2.75) is 6.18 Å². The predicted molar refractivity (Wildman–Crippen MR) is 63.5 cm³/mol. The van der Waals surface area contributed by atoms with E-state index in [-0.39, 0.29) is 22.6 Å². The van der Waals surface area contributed by atoms with Crippen LogP contribution in [0.25, 0.3) is 11.3 Å². The van der Waals surface area contributed by atoms with Gasteiger partial charge in [0.15, 0.2) is 0 Å². The summed E-state index contributed by atoms with van der Waals surface area (Å²) in [5.41, 5.74) is 10.7. The van der Waals surface area contributed by atoms with Crippen molar-refractivity contribution in [2.75, 3.05) is 11.5 Å². The molecule has 0 aliphatic rings. The summed E-state index contributed by atoms with van der Waals surface area (Å²) in [5.74, 6) is 0. The molecule has 2 aromatic rings. The maximum atomic E-state index is 12.9. The maximum Gasteiger partial charge on any atom is 0.418 e. The van der Waals surface area contributed by atoms with Crippen LogP contribution in [0.4, 0.5) is 24.5 Å². The van der Waals surface area contributed by atoms with Crippen molar-refractivity contribution in [1.29, 1.82) is 0 Å². The average molecular weight is 253 g/mol. The molecule has 1 aromatic carbocycles. The number of benzene rings is 1. The van der Waals surface area contributed by atoms with Gasteiger partial charge in [-0.2, -0.15) is 13.2 Å². The van der Waals surface area contributed by atoms with Crippen LogP contribution in [-0.4, -0.2) is 4.98 Å². The molecule has 0 spiro atoms. The van der Waals surface area contributed by atoms with Crippen LogP contribution >= 0.6 is 0 Å². The van der Waals surface area contributed by atoms with Crippen molar-refractivity contribution in [3.63, 3.8) is 0 Å². The molecule has 94 valence electrons. The quantitative estimate of drug-likeness (QED) is 0.768. The molecule has 0 bridgehead atoms. The molecule has 0 unspecified atom stereocenters. The maximum absolute atomic E-state index is 12.9. The van der Waals surface area contributed by atoms with Gasteiger partial charge in [0.25, 0.3) is 0 Å². The summed E-state index contributed by atoms with van der Waals surface area (Å²) in [6.07, 6.45) is -3.23. The summed E-state index contributed by atoms with van der Waals surface area (Å²) >= 11 is 0. The predicted octanol–water partition coefficient (Wildman–Crippen LogP) is 2.93. The van der Waals surface area contributed by atoms with Crippen LogP contribution in [0.5, 0.6) is 0 Å². The molecule has 0 saturated carbocycles. The Hall–Kier alpha value is -2.24. The monoisotopic (exact) mass is 253 g/mol. The fourth-order valence-corrected chi connectivity index (χ4v) is 1.70. The molecule has 6 heteroatoms. The van der Waals surface area contributed by atoms with Crippen molar-refractivity contribution in [3.05, 3.63) is 42.1 Å². The summed E-state index contributed by atoms with van der Waals surface area (Å²) < 4.78 is 38.6. The lowest BCUT2D eigenvalue weighted by Crippen LogP contribution is -2.09. The van der Waals surface area contributed by atoms with E-state index < -0.39 is 11.7 Å². The lowest BCUT2D eigenvalue weighted by atomic mass is 10.0. The van der Waals surface area contributed by atoms with E-state index in [0.29, 0.717) is 0 Å². The molecule has 0 saturated heterocycles. The zero-order valence-electron chi connectivity index (χ0n) is 9.20. The normalized spacial score (nSPS) is 11.5. The minimum absolute atomic E-state index is 0.116. The topological polar surface area (TPSA) is 64.9 Å². The fraction of sp³-hybridized carbons (Fsp3) is 0.0833. The molecule has 0 aliphatic heterocycles. The highest BCUT2D eigenvalue weighted by Crippen LogP contribution is 2.39. The third kappa shape index (κ3) is 2.09. The smallest absolute Gasteiger partial charge is 0.398 e. The molecular formula is C12H10F3N3. The molecule has 1 aromatic heterocycles. The molecule has 1 heterocycles. The molecule has 0 fully saturated rings. The number of pyridine rings is 1. The Labute approximate surface area is 101 Å². The first-order valence-electron chi connectivity index (χ1n) is 5.08. The first-order chi connectivity index (χ1) is 8.41. The van der Waals surface area contributed by atoms with Gasteiger partial charge in [-0.15, -0.1) is 0 Å². The summed E-state index contributed by atoms with van der Waals surface area (Å²) in [5, 5.41) is 0. The van der Waals surface area contributed by atoms with Crippen LogP contribution in [0.1, 0.15) is 5.56 Å². The van der Waals surface area contributed by atoms with Crippen molar-refractivity contribution in [2.24, 2.45) is 0 Å². The molecular weight excluding hydrogens is 243 g/mol. The Kier molecular flexibility index (Phi) is 2.86. The Morgan fingerprint density at radius 3 is 2.11 bits per heavy atom. The number of alkyl halides is 3. The van der Waals surface area contributed by atoms with Gasteiger partial charge in [-0.1, -0.05) is 6.07 Å². The van der Waals surface area contributed by atoms with E-state index in [0.717, 1.165) is 6.07 Å². The number of nitrogen functional groups attached to an aromatic ring is 2. The van der Waals surface area contributed by atoms with Gasteiger partial charge >= 0.3 is 6.18 Å². The van der Waals surface area contributed by atoms with Crippen LogP contribution in [0.15, 0.2) is 36.5 Å². The van der Waals surface area contributed by atoms with E-state index >= 15 is 0 Å². The third-order valence-electron chi connectivity index (χ3n) is 2.48. The van der Waals surface area contributed by atoms with Gasteiger partial charge in [-0.05, 0) is 24.3 Å². The Bertz CT molecular complexity index is 559. The van der Waals surface area contributed by atoms with Gasteiger partial charge in [-0.25, -0.2) is 0 Å². The molecule has 18 heavy (non-hydrogen) atoms. The highest BCUT2D eigenvalue weighted by molar-refractivity contribution is 5.86. The highest BCUT2D eigenvalue weighted by atomic mass is 19.4. The van der Waals surface area contributed by atoms with Gasteiger partial charge in [0, 0.05) is 23.1 Å². The van der Waals surface area contributed by atoms with Crippen LogP contribution in [0.2, 0.25) is 0 Å². The van der Waals surface area contributed by atoms with Gasteiger partial charge < -0.3 is 11.5 Å². The molecule has 3 nitrogen and oxygen atoms in total. The van der Waals surface area contributed by atoms with Crippen LogP contribution in [-0.2, 0) is 6.18 Å². The van der Waals surface area contributed by atoms with Crippen LogP contribution < -0.4 is 11.5 Å². The highest BCUT2D eigenvalue weighted by Gasteiger charge is 2.35. The number of hydrogen-bond donors (Lipinski definition) is 2. The number of rotatable bonds is 1. The number of nitrogens with two attached hydrogens (primary N) is 2. The van der Waals surface area contributed by atoms with E-state index in [1.807, 2.05) is 0 Å². The van der Waals surface area contributed by atoms with E-state index in [9.17, 15) is 13.2 Å². The fourth-order valence-electron chi connectivity index (χ4n) is 1.70. The molecule has 0 aliphatic carbocycles.